The van der Waals surface area contributed by atoms with Gasteiger partial charge in [-0.15, -0.1) is 11.3 Å². The normalized spacial score (nSPS) is 17.9. The van der Waals surface area contributed by atoms with E-state index in [9.17, 15) is 0 Å². The summed E-state index contributed by atoms with van der Waals surface area (Å²) >= 11 is 6.28. The SMILES string of the molecule is SCC(CN1CCN(c2nccs2)CC1)c1ccccc1. The van der Waals surface area contributed by atoms with Crippen molar-refractivity contribution in [1.82, 2.24) is 9.88 Å². The average Bonchev–Trinajstić information content (AvgIpc) is 3.08. The lowest BCUT2D eigenvalue weighted by Crippen LogP contribution is -2.47. The molecular weight excluding hydrogens is 298 g/mol. The highest BCUT2D eigenvalue weighted by molar-refractivity contribution is 7.80. The van der Waals surface area contributed by atoms with Gasteiger partial charge in [0.1, 0.15) is 0 Å². The standard InChI is InChI=1S/C16H21N3S2/c20-13-15(14-4-2-1-3-5-14)12-18-7-9-19(10-8-18)16-17-6-11-21-16/h1-6,11,15,20H,7-10,12-13H2. The van der Waals surface area contributed by atoms with E-state index in [0.29, 0.717) is 5.92 Å². The minimum absolute atomic E-state index is 0.515. The number of piperazine rings is 1. The maximum atomic E-state index is 4.55. The number of hydrogen-bond donors (Lipinski definition) is 1. The van der Waals surface area contributed by atoms with Crippen LogP contribution in [0.15, 0.2) is 41.9 Å². The van der Waals surface area contributed by atoms with Crippen LogP contribution in [0.4, 0.5) is 5.13 Å². The van der Waals surface area contributed by atoms with Crippen LogP contribution in [-0.4, -0.2) is 48.4 Å². The monoisotopic (exact) mass is 319 g/mol. The van der Waals surface area contributed by atoms with Gasteiger partial charge < -0.3 is 4.90 Å². The Morgan fingerprint density at radius 1 is 1.14 bits per heavy atom. The van der Waals surface area contributed by atoms with Crippen molar-refractivity contribution >= 4 is 29.1 Å². The molecule has 0 aliphatic carbocycles. The minimum Gasteiger partial charge on any atom is -0.346 e. The second-order valence-corrected chi connectivity index (χ2v) is 6.63. The van der Waals surface area contributed by atoms with Crippen molar-refractivity contribution in [2.75, 3.05) is 43.4 Å². The Morgan fingerprint density at radius 2 is 1.90 bits per heavy atom. The van der Waals surface area contributed by atoms with E-state index in [1.54, 1.807) is 11.3 Å². The second-order valence-electron chi connectivity index (χ2n) is 5.39. The van der Waals surface area contributed by atoms with Gasteiger partial charge in [-0.25, -0.2) is 4.98 Å². The van der Waals surface area contributed by atoms with Crippen molar-refractivity contribution in [2.24, 2.45) is 0 Å². The third-order valence-corrected chi connectivity index (χ3v) is 5.31. The zero-order chi connectivity index (χ0) is 14.5. The molecule has 1 aromatic heterocycles. The first kappa shape index (κ1) is 14.9. The van der Waals surface area contributed by atoms with Gasteiger partial charge >= 0.3 is 0 Å². The van der Waals surface area contributed by atoms with Gasteiger partial charge in [0.15, 0.2) is 5.13 Å². The summed E-state index contributed by atoms with van der Waals surface area (Å²) in [6.45, 7) is 5.45. The summed E-state index contributed by atoms with van der Waals surface area (Å²) in [6, 6.07) is 10.7. The van der Waals surface area contributed by atoms with E-state index in [1.165, 1.54) is 5.56 Å². The number of hydrogen-bond acceptors (Lipinski definition) is 5. The molecule has 5 heteroatoms. The first-order valence-corrected chi connectivity index (χ1v) is 8.90. The zero-order valence-electron chi connectivity index (χ0n) is 12.1. The first-order valence-electron chi connectivity index (χ1n) is 7.39. The Morgan fingerprint density at radius 3 is 2.52 bits per heavy atom. The van der Waals surface area contributed by atoms with Crippen molar-refractivity contribution in [3.05, 3.63) is 47.5 Å². The van der Waals surface area contributed by atoms with Gasteiger partial charge in [0, 0.05) is 50.2 Å². The second kappa shape index (κ2) is 7.29. The topological polar surface area (TPSA) is 19.4 Å². The Hall–Kier alpha value is -1.04. The minimum atomic E-state index is 0.515. The summed E-state index contributed by atoms with van der Waals surface area (Å²) < 4.78 is 0. The zero-order valence-corrected chi connectivity index (χ0v) is 13.8. The van der Waals surface area contributed by atoms with E-state index >= 15 is 0 Å². The van der Waals surface area contributed by atoms with Crippen molar-refractivity contribution in [1.29, 1.82) is 0 Å². The van der Waals surface area contributed by atoms with Gasteiger partial charge in [-0.3, -0.25) is 4.90 Å². The summed E-state index contributed by atoms with van der Waals surface area (Å²) in [5.41, 5.74) is 1.40. The van der Waals surface area contributed by atoms with Crippen LogP contribution in [0.2, 0.25) is 0 Å². The summed E-state index contributed by atoms with van der Waals surface area (Å²) in [7, 11) is 0. The molecule has 21 heavy (non-hydrogen) atoms. The predicted molar refractivity (Wildman–Crippen MR) is 93.8 cm³/mol. The number of nitrogens with zero attached hydrogens (tertiary/aromatic N) is 3. The Labute approximate surface area is 136 Å². The molecule has 1 aromatic carbocycles. The summed E-state index contributed by atoms with van der Waals surface area (Å²) in [4.78, 5) is 9.35. The molecule has 0 amide bonds. The highest BCUT2D eigenvalue weighted by Gasteiger charge is 2.21. The number of thiazole rings is 1. The number of benzene rings is 1. The molecule has 1 saturated heterocycles. The van der Waals surface area contributed by atoms with E-state index in [4.69, 9.17) is 0 Å². The van der Waals surface area contributed by atoms with Gasteiger partial charge in [-0.05, 0) is 11.3 Å². The fourth-order valence-electron chi connectivity index (χ4n) is 2.80. The van der Waals surface area contributed by atoms with Crippen LogP contribution in [0.25, 0.3) is 0 Å². The van der Waals surface area contributed by atoms with Crippen LogP contribution in [0.1, 0.15) is 11.5 Å². The van der Waals surface area contributed by atoms with Crippen LogP contribution in [0, 0.1) is 0 Å². The molecule has 1 aliphatic rings. The fourth-order valence-corrected chi connectivity index (χ4v) is 3.82. The van der Waals surface area contributed by atoms with Gasteiger partial charge in [0.25, 0.3) is 0 Å². The average molecular weight is 319 g/mol. The third kappa shape index (κ3) is 3.78. The van der Waals surface area contributed by atoms with Gasteiger partial charge in [-0.2, -0.15) is 12.6 Å². The van der Waals surface area contributed by atoms with Gasteiger partial charge in [-0.1, -0.05) is 30.3 Å². The molecule has 3 nitrogen and oxygen atoms in total. The molecule has 0 radical (unpaired) electrons. The lowest BCUT2D eigenvalue weighted by molar-refractivity contribution is 0.247. The third-order valence-electron chi connectivity index (χ3n) is 4.03. The molecule has 0 N–H and O–H groups in total. The van der Waals surface area contributed by atoms with Crippen molar-refractivity contribution in [2.45, 2.75) is 5.92 Å². The quantitative estimate of drug-likeness (QED) is 0.855. The highest BCUT2D eigenvalue weighted by atomic mass is 32.1. The molecule has 0 bridgehead atoms. The molecule has 0 saturated carbocycles. The highest BCUT2D eigenvalue weighted by Crippen LogP contribution is 2.22. The first-order chi connectivity index (χ1) is 10.4. The molecule has 3 rings (SSSR count). The molecule has 2 heterocycles. The van der Waals surface area contributed by atoms with Crippen LogP contribution in [0.3, 0.4) is 0 Å². The molecule has 0 spiro atoms. The summed E-state index contributed by atoms with van der Waals surface area (Å²) in [5, 5.41) is 3.21. The molecule has 1 unspecified atom stereocenters. The molecular formula is C16H21N3S2. The van der Waals surface area contributed by atoms with E-state index in [0.717, 1.165) is 43.6 Å². The Bertz CT molecular complexity index is 522. The molecule has 1 atom stereocenters. The van der Waals surface area contributed by atoms with Crippen LogP contribution < -0.4 is 4.90 Å². The van der Waals surface area contributed by atoms with Crippen molar-refractivity contribution in [3.8, 4) is 0 Å². The Balaban J connectivity index is 1.55. The summed E-state index contributed by atoms with van der Waals surface area (Å²) in [5.74, 6) is 1.41. The van der Waals surface area contributed by atoms with Crippen molar-refractivity contribution in [3.63, 3.8) is 0 Å². The number of thiol groups is 1. The van der Waals surface area contributed by atoms with Gasteiger partial charge in [0.05, 0.1) is 0 Å². The smallest absolute Gasteiger partial charge is 0.185 e. The van der Waals surface area contributed by atoms with E-state index in [-0.39, 0.29) is 0 Å². The number of anilines is 1. The number of rotatable bonds is 5. The largest absolute Gasteiger partial charge is 0.346 e. The van der Waals surface area contributed by atoms with E-state index in [1.807, 2.05) is 11.6 Å². The predicted octanol–water partition coefficient (Wildman–Crippen LogP) is 2.98. The maximum absolute atomic E-state index is 4.55. The van der Waals surface area contributed by atoms with E-state index in [2.05, 4.69) is 57.7 Å². The Kier molecular flexibility index (Phi) is 5.17. The van der Waals surface area contributed by atoms with Crippen LogP contribution in [-0.2, 0) is 0 Å². The summed E-state index contributed by atoms with van der Waals surface area (Å²) in [6.07, 6.45) is 1.89. The van der Waals surface area contributed by atoms with Gasteiger partial charge in [0.2, 0.25) is 0 Å². The maximum Gasteiger partial charge on any atom is 0.185 e. The van der Waals surface area contributed by atoms with Crippen molar-refractivity contribution < 1.29 is 0 Å². The molecule has 1 aliphatic heterocycles. The molecule has 112 valence electrons. The molecule has 2 aromatic rings. The van der Waals surface area contributed by atoms with Crippen LogP contribution >= 0.6 is 24.0 Å². The van der Waals surface area contributed by atoms with E-state index < -0.39 is 0 Å². The molecule has 1 fully saturated rings. The lowest BCUT2D eigenvalue weighted by atomic mass is 10.0. The van der Waals surface area contributed by atoms with Crippen LogP contribution in [0.5, 0.6) is 0 Å². The number of aromatic nitrogens is 1. The lowest BCUT2D eigenvalue weighted by Gasteiger charge is -2.36. The fraction of sp³-hybridized carbons (Fsp3) is 0.438.